The topological polar surface area (TPSA) is 74.6 Å². The quantitative estimate of drug-likeness (QED) is 0.652. The third-order valence-corrected chi connectivity index (χ3v) is 6.09. The molecule has 3 heterocycles. The van der Waals surface area contributed by atoms with Crippen LogP contribution in [0.25, 0.3) is 11.4 Å². The van der Waals surface area contributed by atoms with Crippen LogP contribution in [0.5, 0.6) is 0 Å². The maximum absolute atomic E-state index is 13.5. The summed E-state index contributed by atoms with van der Waals surface area (Å²) >= 11 is 0. The summed E-state index contributed by atoms with van der Waals surface area (Å²) in [6.45, 7) is 2.46. The van der Waals surface area contributed by atoms with Crippen LogP contribution in [0.3, 0.4) is 0 Å². The zero-order chi connectivity index (χ0) is 21.9. The van der Waals surface area contributed by atoms with Gasteiger partial charge in [-0.1, -0.05) is 24.3 Å². The number of aromatic nitrogens is 3. The molecule has 0 spiro atoms. The summed E-state index contributed by atoms with van der Waals surface area (Å²) in [5.41, 5.74) is 2.80. The van der Waals surface area contributed by atoms with E-state index in [-0.39, 0.29) is 11.7 Å². The Bertz CT molecular complexity index is 1190. The van der Waals surface area contributed by atoms with Crippen molar-refractivity contribution in [3.05, 3.63) is 65.5 Å². The molecule has 9 heteroatoms. The number of hydrogen-bond acceptors (Lipinski definition) is 5. The Morgan fingerprint density at radius 1 is 1.00 bits per heavy atom. The first kappa shape index (κ1) is 19.2. The highest BCUT2D eigenvalue weighted by atomic mass is 19.1. The lowest BCUT2D eigenvalue weighted by atomic mass is 10.1. The predicted molar refractivity (Wildman–Crippen MR) is 112 cm³/mol. The van der Waals surface area contributed by atoms with E-state index in [1.807, 2.05) is 36.1 Å². The molecule has 31 heavy (non-hydrogen) atoms. The van der Waals surface area contributed by atoms with E-state index in [2.05, 4.69) is 10.2 Å². The number of carbonyl (C=O) groups excluding carboxylic acids is 2. The number of hydrogen-bond donors (Lipinski definition) is 0. The summed E-state index contributed by atoms with van der Waals surface area (Å²) in [7, 11) is 3.15. The Morgan fingerprint density at radius 2 is 1.71 bits per heavy atom. The Morgan fingerprint density at radius 3 is 2.42 bits per heavy atom. The smallest absolute Gasteiger partial charge is 0.321 e. The van der Waals surface area contributed by atoms with Gasteiger partial charge in [-0.05, 0) is 42.3 Å². The predicted octanol–water partition coefficient (Wildman–Crippen LogP) is 2.80. The molecular formula is C22H21FN6O2. The van der Waals surface area contributed by atoms with Gasteiger partial charge in [0.25, 0.3) is 5.91 Å². The standard InChI is InChI=1S/C22H21FN6O2/c1-13-6-4-5-7-15(13)12-28-17-19(26(2)22(31)27(3)20(17)30)29-18(24-25-21(28)29)14-8-10-16(23)11-9-14/h4-11,17,19H,12H2,1-3H3. The minimum Gasteiger partial charge on any atom is -0.321 e. The first-order valence-corrected chi connectivity index (χ1v) is 9.95. The fraction of sp³-hybridized carbons (Fsp3) is 0.273. The molecule has 3 aromatic rings. The number of rotatable bonds is 3. The Labute approximate surface area is 178 Å². The number of nitrogens with zero attached hydrogens (tertiary/aromatic N) is 6. The highest BCUT2D eigenvalue weighted by Crippen LogP contribution is 2.42. The van der Waals surface area contributed by atoms with Crippen LogP contribution in [-0.2, 0) is 11.3 Å². The molecule has 0 N–H and O–H groups in total. The molecule has 3 amide bonds. The van der Waals surface area contributed by atoms with Crippen molar-refractivity contribution in [1.29, 1.82) is 0 Å². The minimum atomic E-state index is -0.642. The molecule has 0 radical (unpaired) electrons. The van der Waals surface area contributed by atoms with Gasteiger partial charge in [-0.3, -0.25) is 14.3 Å². The fourth-order valence-corrected chi connectivity index (χ4v) is 4.37. The Hall–Kier alpha value is -3.75. The first-order chi connectivity index (χ1) is 14.9. The number of urea groups is 1. The molecule has 5 rings (SSSR count). The summed E-state index contributed by atoms with van der Waals surface area (Å²) in [5.74, 6) is 0.332. The summed E-state index contributed by atoms with van der Waals surface area (Å²) in [6, 6.07) is 12.8. The second-order valence-corrected chi connectivity index (χ2v) is 7.90. The molecule has 2 aliphatic rings. The zero-order valence-corrected chi connectivity index (χ0v) is 17.4. The van der Waals surface area contributed by atoms with Crippen LogP contribution in [0.15, 0.2) is 48.5 Å². The van der Waals surface area contributed by atoms with Crippen molar-refractivity contribution in [1.82, 2.24) is 24.6 Å². The number of amides is 3. The Kier molecular flexibility index (Phi) is 4.28. The van der Waals surface area contributed by atoms with Crippen molar-refractivity contribution in [2.24, 2.45) is 0 Å². The van der Waals surface area contributed by atoms with E-state index in [4.69, 9.17) is 0 Å². The van der Waals surface area contributed by atoms with E-state index < -0.39 is 18.2 Å². The van der Waals surface area contributed by atoms with Gasteiger partial charge < -0.3 is 9.80 Å². The number of carbonyl (C=O) groups is 2. The number of anilines is 1. The SMILES string of the molecule is Cc1ccccc1CN1c2nnc(-c3ccc(F)cc3)n2C2C1C(=O)N(C)C(=O)N2C. The average Bonchev–Trinajstić information content (AvgIpc) is 3.32. The number of fused-ring (bicyclic) bond motifs is 3. The lowest BCUT2D eigenvalue weighted by Crippen LogP contribution is -2.61. The molecule has 1 aromatic heterocycles. The summed E-state index contributed by atoms with van der Waals surface area (Å²) < 4.78 is 15.3. The lowest BCUT2D eigenvalue weighted by molar-refractivity contribution is -0.133. The summed E-state index contributed by atoms with van der Waals surface area (Å²) in [6.07, 6.45) is -0.606. The van der Waals surface area contributed by atoms with Crippen LogP contribution < -0.4 is 4.90 Å². The van der Waals surface area contributed by atoms with Gasteiger partial charge in [0.1, 0.15) is 12.0 Å². The van der Waals surface area contributed by atoms with E-state index >= 15 is 0 Å². The highest BCUT2D eigenvalue weighted by molar-refractivity contribution is 6.02. The van der Waals surface area contributed by atoms with Crippen molar-refractivity contribution in [3.63, 3.8) is 0 Å². The number of benzene rings is 2. The van der Waals surface area contributed by atoms with Gasteiger partial charge in [0.2, 0.25) is 5.95 Å². The fourth-order valence-electron chi connectivity index (χ4n) is 4.37. The van der Waals surface area contributed by atoms with Gasteiger partial charge in [-0.25, -0.2) is 9.18 Å². The van der Waals surface area contributed by atoms with Crippen LogP contribution in [0.4, 0.5) is 15.1 Å². The van der Waals surface area contributed by atoms with Crippen LogP contribution in [0, 0.1) is 12.7 Å². The normalized spacial score (nSPS) is 20.3. The molecule has 2 unspecified atom stereocenters. The molecule has 2 aliphatic heterocycles. The van der Waals surface area contributed by atoms with E-state index in [1.54, 1.807) is 23.7 Å². The van der Waals surface area contributed by atoms with Crippen LogP contribution in [0.1, 0.15) is 17.3 Å². The summed E-state index contributed by atoms with van der Waals surface area (Å²) in [5, 5.41) is 8.71. The third kappa shape index (κ3) is 2.80. The van der Waals surface area contributed by atoms with Gasteiger partial charge >= 0.3 is 6.03 Å². The van der Waals surface area contributed by atoms with Crippen molar-refractivity contribution < 1.29 is 14.0 Å². The number of likely N-dealkylation sites (N-methyl/N-ethyl adjacent to an activating group) is 2. The van der Waals surface area contributed by atoms with Crippen molar-refractivity contribution in [2.75, 3.05) is 19.0 Å². The molecule has 1 fully saturated rings. The van der Waals surface area contributed by atoms with Gasteiger partial charge in [0.05, 0.1) is 0 Å². The molecule has 0 saturated carbocycles. The molecule has 2 atom stereocenters. The molecule has 8 nitrogen and oxygen atoms in total. The maximum atomic E-state index is 13.5. The van der Waals surface area contributed by atoms with Crippen LogP contribution in [-0.4, -0.2) is 56.6 Å². The number of imide groups is 1. The third-order valence-electron chi connectivity index (χ3n) is 6.09. The zero-order valence-electron chi connectivity index (χ0n) is 17.4. The van der Waals surface area contributed by atoms with Crippen LogP contribution >= 0.6 is 0 Å². The molecule has 0 aliphatic carbocycles. The molecular weight excluding hydrogens is 399 g/mol. The molecule has 2 aromatic carbocycles. The van der Waals surface area contributed by atoms with E-state index in [9.17, 15) is 14.0 Å². The van der Waals surface area contributed by atoms with Gasteiger partial charge in [-0.2, -0.15) is 0 Å². The maximum Gasteiger partial charge on any atom is 0.327 e. The van der Waals surface area contributed by atoms with Gasteiger partial charge in [0.15, 0.2) is 11.9 Å². The minimum absolute atomic E-state index is 0.294. The van der Waals surface area contributed by atoms with Gasteiger partial charge in [0, 0.05) is 26.2 Å². The largest absolute Gasteiger partial charge is 0.327 e. The molecule has 0 bridgehead atoms. The van der Waals surface area contributed by atoms with Crippen molar-refractivity contribution in [2.45, 2.75) is 25.7 Å². The number of aryl methyl sites for hydroxylation is 1. The summed E-state index contributed by atoms with van der Waals surface area (Å²) in [4.78, 5) is 30.5. The van der Waals surface area contributed by atoms with Crippen molar-refractivity contribution >= 4 is 17.9 Å². The second kappa shape index (κ2) is 6.90. The number of halogens is 1. The monoisotopic (exact) mass is 420 g/mol. The second-order valence-electron chi connectivity index (χ2n) is 7.90. The molecule has 1 saturated heterocycles. The first-order valence-electron chi connectivity index (χ1n) is 9.95. The lowest BCUT2D eigenvalue weighted by Gasteiger charge is -2.40. The average molecular weight is 420 g/mol. The van der Waals surface area contributed by atoms with E-state index in [0.29, 0.717) is 23.9 Å². The Balaban J connectivity index is 1.67. The van der Waals surface area contributed by atoms with E-state index in [0.717, 1.165) is 16.0 Å². The molecule has 158 valence electrons. The van der Waals surface area contributed by atoms with Crippen molar-refractivity contribution in [3.8, 4) is 11.4 Å². The van der Waals surface area contributed by atoms with Crippen LogP contribution in [0.2, 0.25) is 0 Å². The highest BCUT2D eigenvalue weighted by Gasteiger charge is 2.54. The van der Waals surface area contributed by atoms with E-state index in [1.165, 1.54) is 24.1 Å². The van der Waals surface area contributed by atoms with Gasteiger partial charge in [-0.15, -0.1) is 10.2 Å².